The van der Waals surface area contributed by atoms with Gasteiger partial charge < -0.3 is 10.6 Å². The molecule has 1 aliphatic rings. The second kappa shape index (κ2) is 6.83. The molecule has 1 heterocycles. The van der Waals surface area contributed by atoms with E-state index >= 15 is 0 Å². The van der Waals surface area contributed by atoms with Crippen molar-refractivity contribution in [2.75, 3.05) is 10.6 Å². The van der Waals surface area contributed by atoms with Gasteiger partial charge in [0.2, 0.25) is 5.95 Å². The number of hydrogen-bond acceptors (Lipinski definition) is 5. The van der Waals surface area contributed by atoms with Crippen LogP contribution in [0, 0.1) is 5.41 Å². The molecule has 0 radical (unpaired) electrons. The van der Waals surface area contributed by atoms with Crippen molar-refractivity contribution in [1.29, 1.82) is 0 Å². The molecule has 0 atom stereocenters. The summed E-state index contributed by atoms with van der Waals surface area (Å²) in [4.78, 5) is 22.1. The van der Waals surface area contributed by atoms with Crippen LogP contribution in [0.3, 0.4) is 0 Å². The van der Waals surface area contributed by atoms with E-state index in [1.54, 1.807) is 0 Å². The van der Waals surface area contributed by atoms with Gasteiger partial charge in [0.25, 0.3) is 0 Å². The molecule has 0 spiro atoms. The minimum atomic E-state index is -0.105. The highest BCUT2D eigenvalue weighted by molar-refractivity contribution is 6.03. The standard InChI is InChI=1S/C22H22N4O/c1-22(2)13-17-19(18(27)14-22)20(23-15-9-5-3-6-10-15)26-21(25-17)24-16-11-7-4-8-12-16/h3-12H,13-14H2,1-2H3,(H2,23,24,25,26). The lowest BCUT2D eigenvalue weighted by Gasteiger charge is -2.30. The summed E-state index contributed by atoms with van der Waals surface area (Å²) in [5.74, 6) is 1.14. The molecular formula is C22H22N4O. The molecule has 1 aromatic heterocycles. The summed E-state index contributed by atoms with van der Waals surface area (Å²) in [5, 5.41) is 6.55. The summed E-state index contributed by atoms with van der Waals surface area (Å²) < 4.78 is 0. The monoisotopic (exact) mass is 358 g/mol. The van der Waals surface area contributed by atoms with Gasteiger partial charge in [-0.1, -0.05) is 50.2 Å². The van der Waals surface area contributed by atoms with Crippen LogP contribution in [-0.4, -0.2) is 15.8 Å². The molecule has 2 aromatic carbocycles. The zero-order valence-electron chi connectivity index (χ0n) is 15.5. The Labute approximate surface area is 158 Å². The molecule has 136 valence electrons. The molecule has 0 unspecified atom stereocenters. The van der Waals surface area contributed by atoms with Gasteiger partial charge in [-0.15, -0.1) is 0 Å². The van der Waals surface area contributed by atoms with Gasteiger partial charge in [0, 0.05) is 17.8 Å². The van der Waals surface area contributed by atoms with Gasteiger partial charge >= 0.3 is 0 Å². The quantitative estimate of drug-likeness (QED) is 0.678. The first-order valence-corrected chi connectivity index (χ1v) is 9.08. The lowest BCUT2D eigenvalue weighted by atomic mass is 9.75. The highest BCUT2D eigenvalue weighted by atomic mass is 16.1. The molecule has 5 nitrogen and oxygen atoms in total. The normalized spacial score (nSPS) is 15.1. The predicted octanol–water partition coefficient (Wildman–Crippen LogP) is 5.12. The van der Waals surface area contributed by atoms with Crippen LogP contribution in [0.1, 0.15) is 36.3 Å². The Kier molecular flexibility index (Phi) is 4.36. The van der Waals surface area contributed by atoms with Crippen molar-refractivity contribution in [2.24, 2.45) is 5.41 Å². The highest BCUT2D eigenvalue weighted by Crippen LogP contribution is 2.37. The van der Waals surface area contributed by atoms with Crippen LogP contribution < -0.4 is 10.6 Å². The molecule has 0 aliphatic heterocycles. The number of carbonyl (C=O) groups excluding carboxylic acids is 1. The SMILES string of the molecule is CC1(C)CC(=O)c2c(nc(Nc3ccccc3)nc2Nc2ccccc2)C1. The van der Waals surface area contributed by atoms with E-state index < -0.39 is 0 Å². The number of anilines is 4. The van der Waals surface area contributed by atoms with E-state index in [1.165, 1.54) is 0 Å². The van der Waals surface area contributed by atoms with E-state index in [4.69, 9.17) is 0 Å². The Hall–Kier alpha value is -3.21. The fourth-order valence-corrected chi connectivity index (χ4v) is 3.42. The number of ketones is 1. The maximum Gasteiger partial charge on any atom is 0.229 e. The van der Waals surface area contributed by atoms with Crippen LogP contribution in [0.15, 0.2) is 60.7 Å². The summed E-state index contributed by atoms with van der Waals surface area (Å²) in [6, 6.07) is 19.6. The van der Waals surface area contributed by atoms with Crippen LogP contribution >= 0.6 is 0 Å². The van der Waals surface area contributed by atoms with Crippen molar-refractivity contribution < 1.29 is 4.79 Å². The molecule has 0 saturated carbocycles. The molecule has 1 aliphatic carbocycles. The number of para-hydroxylation sites is 2. The third kappa shape index (κ3) is 3.82. The van der Waals surface area contributed by atoms with Gasteiger partial charge in [-0.2, -0.15) is 4.98 Å². The van der Waals surface area contributed by atoms with E-state index in [-0.39, 0.29) is 11.2 Å². The third-order valence-corrected chi connectivity index (χ3v) is 4.61. The molecule has 0 amide bonds. The summed E-state index contributed by atoms with van der Waals surface area (Å²) in [7, 11) is 0. The average molecular weight is 358 g/mol. The number of benzene rings is 2. The van der Waals surface area contributed by atoms with Gasteiger partial charge in [-0.25, -0.2) is 4.98 Å². The Morgan fingerprint density at radius 3 is 2.04 bits per heavy atom. The molecule has 4 rings (SSSR count). The van der Waals surface area contributed by atoms with Crippen molar-refractivity contribution in [3.8, 4) is 0 Å². The number of Topliss-reactive ketones (excluding diaryl/α,β-unsaturated/α-hetero) is 1. The van der Waals surface area contributed by atoms with Gasteiger partial charge in [0.1, 0.15) is 5.82 Å². The van der Waals surface area contributed by atoms with Crippen molar-refractivity contribution in [2.45, 2.75) is 26.7 Å². The predicted molar refractivity (Wildman–Crippen MR) is 108 cm³/mol. The van der Waals surface area contributed by atoms with Gasteiger partial charge in [0.05, 0.1) is 11.3 Å². The largest absolute Gasteiger partial charge is 0.339 e. The molecule has 27 heavy (non-hydrogen) atoms. The number of hydrogen-bond donors (Lipinski definition) is 2. The summed E-state index contributed by atoms with van der Waals surface area (Å²) in [5.41, 5.74) is 3.10. The Balaban J connectivity index is 1.78. The zero-order chi connectivity index (χ0) is 18.9. The van der Waals surface area contributed by atoms with Crippen LogP contribution in [0.4, 0.5) is 23.1 Å². The molecular weight excluding hydrogens is 336 g/mol. The number of carbonyl (C=O) groups is 1. The Bertz CT molecular complexity index is 968. The second-order valence-electron chi connectivity index (χ2n) is 7.64. The van der Waals surface area contributed by atoms with Gasteiger partial charge in [-0.3, -0.25) is 4.79 Å². The van der Waals surface area contributed by atoms with E-state index in [0.29, 0.717) is 23.8 Å². The minimum Gasteiger partial charge on any atom is -0.339 e. The first-order valence-electron chi connectivity index (χ1n) is 9.08. The van der Waals surface area contributed by atoms with Crippen molar-refractivity contribution in [3.63, 3.8) is 0 Å². The van der Waals surface area contributed by atoms with E-state index in [9.17, 15) is 4.79 Å². The topological polar surface area (TPSA) is 66.9 Å². The number of nitrogens with one attached hydrogen (secondary N) is 2. The smallest absolute Gasteiger partial charge is 0.229 e. The van der Waals surface area contributed by atoms with E-state index in [0.717, 1.165) is 23.5 Å². The minimum absolute atomic E-state index is 0.0888. The van der Waals surface area contributed by atoms with Crippen LogP contribution in [-0.2, 0) is 6.42 Å². The fourth-order valence-electron chi connectivity index (χ4n) is 3.42. The molecule has 0 bridgehead atoms. The van der Waals surface area contributed by atoms with Gasteiger partial charge in [0.15, 0.2) is 5.78 Å². The maximum atomic E-state index is 12.8. The van der Waals surface area contributed by atoms with Crippen LogP contribution in [0.5, 0.6) is 0 Å². The van der Waals surface area contributed by atoms with Crippen molar-refractivity contribution >= 4 is 28.9 Å². The molecule has 0 saturated heterocycles. The molecule has 0 fully saturated rings. The van der Waals surface area contributed by atoms with E-state index in [2.05, 4.69) is 34.4 Å². The number of aromatic nitrogens is 2. The number of nitrogens with zero attached hydrogens (tertiary/aromatic N) is 2. The first-order chi connectivity index (χ1) is 13.0. The van der Waals surface area contributed by atoms with Crippen LogP contribution in [0.2, 0.25) is 0 Å². The summed E-state index contributed by atoms with van der Waals surface area (Å²) >= 11 is 0. The lowest BCUT2D eigenvalue weighted by molar-refractivity contribution is 0.0911. The first kappa shape index (κ1) is 17.2. The summed E-state index contributed by atoms with van der Waals surface area (Å²) in [6.07, 6.45) is 1.24. The Morgan fingerprint density at radius 2 is 1.41 bits per heavy atom. The van der Waals surface area contributed by atoms with Gasteiger partial charge in [-0.05, 0) is 36.1 Å². The number of fused-ring (bicyclic) bond motifs is 1. The second-order valence-corrected chi connectivity index (χ2v) is 7.64. The molecule has 3 aromatic rings. The Morgan fingerprint density at radius 1 is 0.815 bits per heavy atom. The number of rotatable bonds is 4. The average Bonchev–Trinajstić information content (AvgIpc) is 2.62. The zero-order valence-corrected chi connectivity index (χ0v) is 15.5. The lowest BCUT2D eigenvalue weighted by Crippen LogP contribution is -2.29. The van der Waals surface area contributed by atoms with Crippen molar-refractivity contribution in [3.05, 3.63) is 71.9 Å². The van der Waals surface area contributed by atoms with Crippen molar-refractivity contribution in [1.82, 2.24) is 9.97 Å². The third-order valence-electron chi connectivity index (χ3n) is 4.61. The van der Waals surface area contributed by atoms with Crippen LogP contribution in [0.25, 0.3) is 0 Å². The molecule has 2 N–H and O–H groups in total. The molecule has 5 heteroatoms. The maximum absolute atomic E-state index is 12.8. The fraction of sp³-hybridized carbons (Fsp3) is 0.227. The highest BCUT2D eigenvalue weighted by Gasteiger charge is 2.34. The summed E-state index contributed by atoms with van der Waals surface area (Å²) in [6.45, 7) is 4.20. The van der Waals surface area contributed by atoms with E-state index in [1.807, 2.05) is 60.7 Å².